The minimum Gasteiger partial charge on any atom is -0.493 e. The SMILES string of the molecule is CCCOc1ccc2ccccc2c1/C=C1\SC(=O)N(CC(=O)Nc2c(C)cc(C)cc2C)C1=O. The number of amides is 3. The molecule has 0 unspecified atom stereocenters. The zero-order chi connectivity index (χ0) is 25.1. The van der Waals surface area contributed by atoms with Crippen LogP contribution in [0.25, 0.3) is 16.8 Å². The molecule has 1 saturated heterocycles. The number of aryl methyl sites for hydroxylation is 3. The Morgan fingerprint density at radius 2 is 1.77 bits per heavy atom. The molecule has 1 N–H and O–H groups in total. The van der Waals surface area contributed by atoms with Gasteiger partial charge in [0.15, 0.2) is 0 Å². The van der Waals surface area contributed by atoms with Crippen LogP contribution >= 0.6 is 11.8 Å². The number of rotatable bonds is 7. The predicted octanol–water partition coefficient (Wildman–Crippen LogP) is 6.23. The van der Waals surface area contributed by atoms with Gasteiger partial charge < -0.3 is 10.1 Å². The maximum atomic E-state index is 13.1. The van der Waals surface area contributed by atoms with Gasteiger partial charge in [0.25, 0.3) is 11.1 Å². The fourth-order valence-corrected chi connectivity index (χ4v) is 5.05. The third-order valence-electron chi connectivity index (χ3n) is 5.78. The zero-order valence-corrected chi connectivity index (χ0v) is 21.1. The van der Waals surface area contributed by atoms with E-state index in [9.17, 15) is 14.4 Å². The van der Waals surface area contributed by atoms with Crippen LogP contribution in [-0.4, -0.2) is 35.1 Å². The van der Waals surface area contributed by atoms with Crippen LogP contribution in [0.3, 0.4) is 0 Å². The summed E-state index contributed by atoms with van der Waals surface area (Å²) in [5.74, 6) is -0.247. The molecule has 0 atom stereocenters. The van der Waals surface area contributed by atoms with Gasteiger partial charge in [-0.15, -0.1) is 0 Å². The summed E-state index contributed by atoms with van der Waals surface area (Å²) in [6.45, 7) is 8.05. The third kappa shape index (κ3) is 5.25. The first-order valence-electron chi connectivity index (χ1n) is 11.6. The number of thioether (sulfide) groups is 1. The minimum absolute atomic E-state index is 0.267. The van der Waals surface area contributed by atoms with E-state index in [2.05, 4.69) is 5.32 Å². The number of hydrogen-bond donors (Lipinski definition) is 1. The lowest BCUT2D eigenvalue weighted by molar-refractivity contribution is -0.127. The van der Waals surface area contributed by atoms with Gasteiger partial charge in [0.05, 0.1) is 11.5 Å². The Kier molecular flexibility index (Phi) is 7.26. The van der Waals surface area contributed by atoms with Crippen LogP contribution in [0.2, 0.25) is 0 Å². The topological polar surface area (TPSA) is 75.7 Å². The number of ether oxygens (including phenoxy) is 1. The van der Waals surface area contributed by atoms with E-state index in [0.29, 0.717) is 18.0 Å². The highest BCUT2D eigenvalue weighted by Crippen LogP contribution is 2.37. The number of anilines is 1. The van der Waals surface area contributed by atoms with Gasteiger partial charge >= 0.3 is 0 Å². The average Bonchev–Trinajstić information content (AvgIpc) is 3.08. The van der Waals surface area contributed by atoms with Crippen LogP contribution in [0.1, 0.15) is 35.6 Å². The first-order valence-corrected chi connectivity index (χ1v) is 12.4. The summed E-state index contributed by atoms with van der Waals surface area (Å²) in [5, 5.41) is 4.32. The number of fused-ring (bicyclic) bond motifs is 1. The van der Waals surface area contributed by atoms with Crippen molar-refractivity contribution in [2.24, 2.45) is 0 Å². The van der Waals surface area contributed by atoms with Crippen molar-refractivity contribution in [3.63, 3.8) is 0 Å². The van der Waals surface area contributed by atoms with Crippen molar-refractivity contribution in [3.05, 3.63) is 75.7 Å². The molecule has 0 saturated carbocycles. The highest BCUT2D eigenvalue weighted by Gasteiger charge is 2.36. The Morgan fingerprint density at radius 3 is 2.49 bits per heavy atom. The summed E-state index contributed by atoms with van der Waals surface area (Å²) in [4.78, 5) is 39.8. The van der Waals surface area contributed by atoms with Gasteiger partial charge in [-0.25, -0.2) is 0 Å². The molecule has 0 aliphatic carbocycles. The minimum atomic E-state index is -0.484. The molecule has 0 aromatic heterocycles. The molecule has 0 spiro atoms. The summed E-state index contributed by atoms with van der Waals surface area (Å²) in [6, 6.07) is 15.6. The number of nitrogens with one attached hydrogen (secondary N) is 1. The van der Waals surface area contributed by atoms with Crippen molar-refractivity contribution in [1.29, 1.82) is 0 Å². The molecule has 0 radical (unpaired) electrons. The molecule has 7 heteroatoms. The van der Waals surface area contributed by atoms with Crippen LogP contribution in [0, 0.1) is 20.8 Å². The second kappa shape index (κ2) is 10.4. The number of carbonyl (C=O) groups excluding carboxylic acids is 3. The van der Waals surface area contributed by atoms with Gasteiger partial charge in [0, 0.05) is 11.3 Å². The summed E-state index contributed by atoms with van der Waals surface area (Å²) in [6.07, 6.45) is 2.54. The molecule has 1 aliphatic heterocycles. The smallest absolute Gasteiger partial charge is 0.294 e. The van der Waals surface area contributed by atoms with Crippen LogP contribution in [0.15, 0.2) is 53.4 Å². The van der Waals surface area contributed by atoms with E-state index in [4.69, 9.17) is 4.74 Å². The Bertz CT molecular complexity index is 1340. The van der Waals surface area contributed by atoms with E-state index in [-0.39, 0.29) is 11.4 Å². The zero-order valence-electron chi connectivity index (χ0n) is 20.3. The molecular formula is C28H28N2O4S. The van der Waals surface area contributed by atoms with Crippen molar-refractivity contribution in [3.8, 4) is 5.75 Å². The van der Waals surface area contributed by atoms with Crippen molar-refractivity contribution in [2.75, 3.05) is 18.5 Å². The standard InChI is InChI=1S/C28H28N2O4S/c1-5-12-34-23-11-10-20-8-6-7-9-21(20)22(23)15-24-27(32)30(28(33)35-24)16-25(31)29-26-18(3)13-17(2)14-19(26)4/h6-11,13-15H,5,12,16H2,1-4H3,(H,29,31)/b24-15-. The Morgan fingerprint density at radius 1 is 1.06 bits per heavy atom. The van der Waals surface area contributed by atoms with Crippen molar-refractivity contribution >= 4 is 51.4 Å². The molecular weight excluding hydrogens is 460 g/mol. The molecule has 3 aromatic carbocycles. The molecule has 3 aromatic rings. The average molecular weight is 489 g/mol. The van der Waals surface area contributed by atoms with Gasteiger partial charge in [-0.1, -0.05) is 55.0 Å². The van der Waals surface area contributed by atoms with Gasteiger partial charge in [0.2, 0.25) is 5.91 Å². The molecule has 1 heterocycles. The van der Waals surface area contributed by atoms with Crippen LogP contribution in [0.5, 0.6) is 5.75 Å². The van der Waals surface area contributed by atoms with Gasteiger partial charge in [0.1, 0.15) is 12.3 Å². The van der Waals surface area contributed by atoms with Crippen molar-refractivity contribution in [2.45, 2.75) is 34.1 Å². The Hall–Kier alpha value is -3.58. The molecule has 0 bridgehead atoms. The number of nitrogens with zero attached hydrogens (tertiary/aromatic N) is 1. The molecule has 3 amide bonds. The fraction of sp³-hybridized carbons (Fsp3) is 0.250. The summed E-state index contributed by atoms with van der Waals surface area (Å²) in [5.41, 5.74) is 4.42. The largest absolute Gasteiger partial charge is 0.493 e. The molecule has 180 valence electrons. The van der Waals surface area contributed by atoms with Gasteiger partial charge in [-0.3, -0.25) is 19.3 Å². The van der Waals surface area contributed by atoms with E-state index >= 15 is 0 Å². The number of carbonyl (C=O) groups is 3. The first-order chi connectivity index (χ1) is 16.8. The maximum absolute atomic E-state index is 13.1. The summed E-state index contributed by atoms with van der Waals surface area (Å²) < 4.78 is 5.93. The van der Waals surface area contributed by atoms with Crippen LogP contribution < -0.4 is 10.1 Å². The Balaban J connectivity index is 1.59. The normalized spacial score (nSPS) is 14.7. The molecule has 1 aliphatic rings. The van der Waals surface area contributed by atoms with E-state index in [1.165, 1.54) is 0 Å². The van der Waals surface area contributed by atoms with E-state index in [0.717, 1.165) is 56.1 Å². The Labute approximate surface area is 209 Å². The molecule has 35 heavy (non-hydrogen) atoms. The van der Waals surface area contributed by atoms with E-state index < -0.39 is 17.1 Å². The van der Waals surface area contributed by atoms with Gasteiger partial charge in [-0.2, -0.15) is 0 Å². The quantitative estimate of drug-likeness (QED) is 0.399. The van der Waals surface area contributed by atoms with Crippen molar-refractivity contribution in [1.82, 2.24) is 4.90 Å². The lowest BCUT2D eigenvalue weighted by atomic mass is 10.0. The van der Waals surface area contributed by atoms with Crippen LogP contribution in [0.4, 0.5) is 10.5 Å². The van der Waals surface area contributed by atoms with E-state index in [1.807, 2.05) is 76.2 Å². The molecule has 6 nitrogen and oxygen atoms in total. The number of hydrogen-bond acceptors (Lipinski definition) is 5. The third-order valence-corrected chi connectivity index (χ3v) is 6.69. The van der Waals surface area contributed by atoms with Gasteiger partial charge in [-0.05, 0) is 73.0 Å². The van der Waals surface area contributed by atoms with Crippen molar-refractivity contribution < 1.29 is 19.1 Å². The molecule has 4 rings (SSSR count). The maximum Gasteiger partial charge on any atom is 0.294 e. The highest BCUT2D eigenvalue weighted by molar-refractivity contribution is 8.18. The second-order valence-electron chi connectivity index (χ2n) is 8.64. The second-order valence-corrected chi connectivity index (χ2v) is 9.63. The first kappa shape index (κ1) is 24.5. The number of imide groups is 1. The lowest BCUT2D eigenvalue weighted by Gasteiger charge is -2.16. The fourth-order valence-electron chi connectivity index (χ4n) is 4.23. The summed E-state index contributed by atoms with van der Waals surface area (Å²) >= 11 is 0.837. The van der Waals surface area contributed by atoms with Crippen LogP contribution in [-0.2, 0) is 9.59 Å². The molecule has 1 fully saturated rings. The summed E-state index contributed by atoms with van der Waals surface area (Å²) in [7, 11) is 0. The predicted molar refractivity (Wildman–Crippen MR) is 142 cm³/mol. The lowest BCUT2D eigenvalue weighted by Crippen LogP contribution is -2.36. The monoisotopic (exact) mass is 488 g/mol. The van der Waals surface area contributed by atoms with E-state index in [1.54, 1.807) is 6.08 Å². The highest BCUT2D eigenvalue weighted by atomic mass is 32.2. The number of benzene rings is 3.